The van der Waals surface area contributed by atoms with Gasteiger partial charge in [-0.2, -0.15) is 0 Å². The molecule has 0 heterocycles. The van der Waals surface area contributed by atoms with Crippen molar-refractivity contribution in [2.24, 2.45) is 5.92 Å². The lowest BCUT2D eigenvalue weighted by molar-refractivity contribution is -0.119. The highest BCUT2D eigenvalue weighted by Crippen LogP contribution is 2.38. The third-order valence-corrected chi connectivity index (χ3v) is 3.26. The topological polar surface area (TPSA) is 26.3 Å². The molecule has 2 heteroatoms. The zero-order valence-corrected chi connectivity index (χ0v) is 8.93. The summed E-state index contributed by atoms with van der Waals surface area (Å²) in [6, 6.07) is 0. The number of carbonyl (C=O) groups is 1. The Labute approximate surface area is 80.7 Å². The molecule has 0 saturated heterocycles. The van der Waals surface area contributed by atoms with E-state index >= 15 is 0 Å². The number of unbranched alkanes of at least 4 members (excludes halogenated alkanes) is 1. The van der Waals surface area contributed by atoms with Crippen molar-refractivity contribution in [3.63, 3.8) is 0 Å². The maximum Gasteiger partial charge on any atom is 0.136 e. The molecule has 0 radical (unpaired) electrons. The molecule has 1 fully saturated rings. The van der Waals surface area contributed by atoms with E-state index in [1.807, 2.05) is 0 Å². The molecule has 1 aliphatic rings. The second-order valence-corrected chi connectivity index (χ2v) is 4.28. The summed E-state index contributed by atoms with van der Waals surface area (Å²) in [4.78, 5) is 11.3. The lowest BCUT2D eigenvalue weighted by atomic mass is 9.88. The van der Waals surface area contributed by atoms with Crippen LogP contribution in [0.4, 0.5) is 0 Å². The number of methoxy groups -OCH3 is 1. The third kappa shape index (κ3) is 2.31. The molecule has 0 bridgehead atoms. The molecule has 0 aromatic carbocycles. The summed E-state index contributed by atoms with van der Waals surface area (Å²) in [5.41, 5.74) is -0.174. The number of carbonyl (C=O) groups excluding carboxylic acids is 1. The van der Waals surface area contributed by atoms with Crippen LogP contribution in [-0.2, 0) is 9.53 Å². The van der Waals surface area contributed by atoms with E-state index in [4.69, 9.17) is 4.74 Å². The monoisotopic (exact) mass is 184 g/mol. The van der Waals surface area contributed by atoms with Crippen molar-refractivity contribution in [3.8, 4) is 0 Å². The first kappa shape index (κ1) is 10.7. The molecule has 0 spiro atoms. The van der Waals surface area contributed by atoms with E-state index < -0.39 is 0 Å². The third-order valence-electron chi connectivity index (χ3n) is 3.26. The van der Waals surface area contributed by atoms with Crippen LogP contribution in [0.1, 0.15) is 46.0 Å². The van der Waals surface area contributed by atoms with Crippen LogP contribution >= 0.6 is 0 Å². The van der Waals surface area contributed by atoms with Crippen LogP contribution in [0.15, 0.2) is 0 Å². The van der Waals surface area contributed by atoms with Crippen molar-refractivity contribution in [2.45, 2.75) is 51.6 Å². The SMILES string of the molecule is CCCC[C@H]1CC(=O)C[C@]1(C)OC. The first-order chi connectivity index (χ1) is 6.12. The van der Waals surface area contributed by atoms with Gasteiger partial charge in [0.2, 0.25) is 0 Å². The molecule has 76 valence electrons. The van der Waals surface area contributed by atoms with E-state index in [9.17, 15) is 4.79 Å². The van der Waals surface area contributed by atoms with Gasteiger partial charge in [-0.3, -0.25) is 4.79 Å². The van der Waals surface area contributed by atoms with Gasteiger partial charge in [0, 0.05) is 20.0 Å². The summed E-state index contributed by atoms with van der Waals surface area (Å²) in [5, 5.41) is 0. The average molecular weight is 184 g/mol. The first-order valence-electron chi connectivity index (χ1n) is 5.19. The van der Waals surface area contributed by atoms with Crippen LogP contribution < -0.4 is 0 Å². The van der Waals surface area contributed by atoms with Gasteiger partial charge in [-0.1, -0.05) is 19.8 Å². The summed E-state index contributed by atoms with van der Waals surface area (Å²) in [6.07, 6.45) is 4.87. The van der Waals surface area contributed by atoms with Gasteiger partial charge in [-0.25, -0.2) is 0 Å². The molecule has 1 aliphatic carbocycles. The van der Waals surface area contributed by atoms with Gasteiger partial charge in [0.15, 0.2) is 0 Å². The molecule has 1 saturated carbocycles. The van der Waals surface area contributed by atoms with E-state index in [2.05, 4.69) is 13.8 Å². The van der Waals surface area contributed by atoms with Crippen molar-refractivity contribution in [1.82, 2.24) is 0 Å². The zero-order valence-electron chi connectivity index (χ0n) is 8.93. The zero-order chi connectivity index (χ0) is 9.90. The minimum atomic E-state index is -0.174. The highest BCUT2D eigenvalue weighted by atomic mass is 16.5. The van der Waals surface area contributed by atoms with Gasteiger partial charge in [-0.05, 0) is 19.3 Å². The standard InChI is InChI=1S/C11H20O2/c1-4-5-6-9-7-10(12)8-11(9,2)13-3/h9H,4-8H2,1-3H3/t9-,11-/m0/s1. The molecule has 0 aromatic heterocycles. The first-order valence-corrected chi connectivity index (χ1v) is 5.19. The summed E-state index contributed by atoms with van der Waals surface area (Å²) in [6.45, 7) is 4.25. The molecule has 1 rings (SSSR count). The molecule has 13 heavy (non-hydrogen) atoms. The van der Waals surface area contributed by atoms with Crippen LogP contribution in [0, 0.1) is 5.92 Å². The number of hydrogen-bond acceptors (Lipinski definition) is 2. The minimum Gasteiger partial charge on any atom is -0.378 e. The fourth-order valence-corrected chi connectivity index (χ4v) is 2.20. The molecule has 0 aromatic rings. The van der Waals surface area contributed by atoms with Gasteiger partial charge >= 0.3 is 0 Å². The van der Waals surface area contributed by atoms with E-state index in [1.165, 1.54) is 12.8 Å². The average Bonchev–Trinajstić information content (AvgIpc) is 2.39. The Morgan fingerprint density at radius 2 is 2.31 bits per heavy atom. The van der Waals surface area contributed by atoms with Gasteiger partial charge in [-0.15, -0.1) is 0 Å². The quantitative estimate of drug-likeness (QED) is 0.671. The predicted molar refractivity (Wildman–Crippen MR) is 52.7 cm³/mol. The van der Waals surface area contributed by atoms with Crippen molar-refractivity contribution < 1.29 is 9.53 Å². The summed E-state index contributed by atoms with van der Waals surface area (Å²) < 4.78 is 5.46. The van der Waals surface area contributed by atoms with Crippen molar-refractivity contribution in [2.75, 3.05) is 7.11 Å². The number of ether oxygens (including phenoxy) is 1. The highest BCUT2D eigenvalue weighted by Gasteiger charge is 2.42. The van der Waals surface area contributed by atoms with Gasteiger partial charge < -0.3 is 4.74 Å². The van der Waals surface area contributed by atoms with E-state index in [1.54, 1.807) is 7.11 Å². The molecule has 2 nitrogen and oxygen atoms in total. The molecule has 0 aliphatic heterocycles. The summed E-state index contributed by atoms with van der Waals surface area (Å²) in [7, 11) is 1.72. The normalized spacial score (nSPS) is 34.1. The number of Topliss-reactive ketones (excluding diaryl/α,β-unsaturated/α-hetero) is 1. The lowest BCUT2D eigenvalue weighted by Crippen LogP contribution is -2.31. The van der Waals surface area contributed by atoms with Gasteiger partial charge in [0.25, 0.3) is 0 Å². The molecular formula is C11H20O2. The second kappa shape index (κ2) is 4.23. The van der Waals surface area contributed by atoms with E-state index in [0.717, 1.165) is 12.8 Å². The van der Waals surface area contributed by atoms with Crippen molar-refractivity contribution in [1.29, 1.82) is 0 Å². The maximum atomic E-state index is 11.3. The fraction of sp³-hybridized carbons (Fsp3) is 0.909. The summed E-state index contributed by atoms with van der Waals surface area (Å²) in [5.74, 6) is 0.815. The molecule has 0 unspecified atom stereocenters. The van der Waals surface area contributed by atoms with E-state index in [-0.39, 0.29) is 5.60 Å². The molecule has 2 atom stereocenters. The fourth-order valence-electron chi connectivity index (χ4n) is 2.20. The van der Waals surface area contributed by atoms with Gasteiger partial charge in [0.05, 0.1) is 5.60 Å². The van der Waals surface area contributed by atoms with Crippen LogP contribution in [0.25, 0.3) is 0 Å². The van der Waals surface area contributed by atoms with E-state index in [0.29, 0.717) is 18.1 Å². The maximum absolute atomic E-state index is 11.3. The Morgan fingerprint density at radius 3 is 2.85 bits per heavy atom. The smallest absolute Gasteiger partial charge is 0.136 e. The Morgan fingerprint density at radius 1 is 1.62 bits per heavy atom. The van der Waals surface area contributed by atoms with Crippen LogP contribution in [0.2, 0.25) is 0 Å². The number of rotatable bonds is 4. The van der Waals surface area contributed by atoms with Crippen LogP contribution in [-0.4, -0.2) is 18.5 Å². The Hall–Kier alpha value is -0.370. The lowest BCUT2D eigenvalue weighted by Gasteiger charge is -2.29. The molecular weight excluding hydrogens is 164 g/mol. The molecule has 0 amide bonds. The predicted octanol–water partition coefficient (Wildman–Crippen LogP) is 2.56. The Kier molecular flexibility index (Phi) is 3.48. The minimum absolute atomic E-state index is 0.174. The number of ketones is 1. The van der Waals surface area contributed by atoms with Crippen LogP contribution in [0.3, 0.4) is 0 Å². The molecule has 0 N–H and O–H groups in total. The van der Waals surface area contributed by atoms with Crippen molar-refractivity contribution in [3.05, 3.63) is 0 Å². The van der Waals surface area contributed by atoms with Crippen LogP contribution in [0.5, 0.6) is 0 Å². The largest absolute Gasteiger partial charge is 0.378 e. The highest BCUT2D eigenvalue weighted by molar-refractivity contribution is 5.82. The van der Waals surface area contributed by atoms with Crippen molar-refractivity contribution >= 4 is 5.78 Å². The Balaban J connectivity index is 2.55. The Bertz CT molecular complexity index is 189. The second-order valence-electron chi connectivity index (χ2n) is 4.28. The van der Waals surface area contributed by atoms with Gasteiger partial charge in [0.1, 0.15) is 5.78 Å². The summed E-state index contributed by atoms with van der Waals surface area (Å²) >= 11 is 0. The number of hydrogen-bond donors (Lipinski definition) is 0.